The SMILES string of the molecule is N#Cc1ccc(S(=O)(=O)NCCC2CCCCC2)c(N)c1. The van der Waals surface area contributed by atoms with Crippen molar-refractivity contribution in [2.24, 2.45) is 5.92 Å². The summed E-state index contributed by atoms with van der Waals surface area (Å²) in [7, 11) is -3.60. The van der Waals surface area contributed by atoms with E-state index in [1.54, 1.807) is 0 Å². The van der Waals surface area contributed by atoms with E-state index in [9.17, 15) is 8.42 Å². The van der Waals surface area contributed by atoms with Gasteiger partial charge in [-0.05, 0) is 30.5 Å². The monoisotopic (exact) mass is 307 g/mol. The fourth-order valence-corrected chi connectivity index (χ4v) is 3.97. The van der Waals surface area contributed by atoms with Gasteiger partial charge in [0.25, 0.3) is 0 Å². The number of anilines is 1. The minimum atomic E-state index is -3.60. The van der Waals surface area contributed by atoms with E-state index in [-0.39, 0.29) is 10.6 Å². The van der Waals surface area contributed by atoms with Crippen LogP contribution >= 0.6 is 0 Å². The molecular weight excluding hydrogens is 286 g/mol. The van der Waals surface area contributed by atoms with Crippen LogP contribution in [0.25, 0.3) is 0 Å². The number of nitrogens with one attached hydrogen (secondary N) is 1. The predicted octanol–water partition coefficient (Wildman–Crippen LogP) is 2.39. The fourth-order valence-electron chi connectivity index (χ4n) is 2.81. The van der Waals surface area contributed by atoms with Crippen LogP contribution in [0, 0.1) is 17.2 Å². The standard InChI is InChI=1S/C15H21N3O2S/c16-11-13-6-7-15(14(17)10-13)21(19,20)18-9-8-12-4-2-1-3-5-12/h6-7,10,12,18H,1-5,8-9,17H2. The third-order valence-electron chi connectivity index (χ3n) is 4.00. The summed E-state index contributed by atoms with van der Waals surface area (Å²) in [5.41, 5.74) is 6.19. The van der Waals surface area contributed by atoms with Crippen molar-refractivity contribution in [1.82, 2.24) is 4.72 Å². The number of rotatable bonds is 5. The molecule has 0 amide bonds. The highest BCUT2D eigenvalue weighted by Gasteiger charge is 2.19. The van der Waals surface area contributed by atoms with Crippen LogP contribution in [0.3, 0.4) is 0 Å². The van der Waals surface area contributed by atoms with Crippen LogP contribution < -0.4 is 10.5 Å². The van der Waals surface area contributed by atoms with Crippen molar-refractivity contribution in [3.63, 3.8) is 0 Å². The molecular formula is C15H21N3O2S. The highest BCUT2D eigenvalue weighted by atomic mass is 32.2. The zero-order valence-electron chi connectivity index (χ0n) is 12.0. The highest BCUT2D eigenvalue weighted by Crippen LogP contribution is 2.26. The Morgan fingerprint density at radius 3 is 2.62 bits per heavy atom. The molecule has 3 N–H and O–H groups in total. The van der Waals surface area contributed by atoms with E-state index in [0.29, 0.717) is 18.0 Å². The van der Waals surface area contributed by atoms with Crippen molar-refractivity contribution in [2.75, 3.05) is 12.3 Å². The summed E-state index contributed by atoms with van der Waals surface area (Å²) in [4.78, 5) is 0.0464. The number of nitrogens with zero attached hydrogens (tertiary/aromatic N) is 1. The number of sulfonamides is 1. The van der Waals surface area contributed by atoms with Gasteiger partial charge in [-0.1, -0.05) is 32.1 Å². The Morgan fingerprint density at radius 1 is 1.29 bits per heavy atom. The number of hydrogen-bond acceptors (Lipinski definition) is 4. The molecule has 1 saturated carbocycles. The normalized spacial score (nSPS) is 16.5. The summed E-state index contributed by atoms with van der Waals surface area (Å²) in [6, 6.07) is 6.17. The van der Waals surface area contributed by atoms with Gasteiger partial charge in [0.2, 0.25) is 10.0 Å². The van der Waals surface area contributed by atoms with Crippen LogP contribution in [0.4, 0.5) is 5.69 Å². The van der Waals surface area contributed by atoms with Gasteiger partial charge in [-0.25, -0.2) is 13.1 Å². The predicted molar refractivity (Wildman–Crippen MR) is 81.9 cm³/mol. The Balaban J connectivity index is 1.96. The Hall–Kier alpha value is -1.58. The average Bonchev–Trinajstić information content (AvgIpc) is 2.47. The van der Waals surface area contributed by atoms with Crippen LogP contribution in [0.15, 0.2) is 23.1 Å². The fraction of sp³-hybridized carbons (Fsp3) is 0.533. The summed E-state index contributed by atoms with van der Waals surface area (Å²) in [6.07, 6.45) is 7.06. The second kappa shape index (κ2) is 6.92. The molecule has 1 fully saturated rings. The molecule has 2 rings (SSSR count). The van der Waals surface area contributed by atoms with Crippen LogP contribution in [0.5, 0.6) is 0 Å². The zero-order chi connectivity index (χ0) is 15.3. The van der Waals surface area contributed by atoms with Gasteiger partial charge in [0.1, 0.15) is 4.90 Å². The molecule has 1 aromatic rings. The molecule has 21 heavy (non-hydrogen) atoms. The van der Waals surface area contributed by atoms with Gasteiger partial charge in [-0.2, -0.15) is 5.26 Å². The molecule has 0 unspecified atom stereocenters. The molecule has 6 heteroatoms. The van der Waals surface area contributed by atoms with Crippen LogP contribution in [-0.4, -0.2) is 15.0 Å². The van der Waals surface area contributed by atoms with Gasteiger partial charge in [0, 0.05) is 6.54 Å². The van der Waals surface area contributed by atoms with Crippen molar-refractivity contribution in [3.8, 4) is 6.07 Å². The molecule has 5 nitrogen and oxygen atoms in total. The third-order valence-corrected chi connectivity index (χ3v) is 5.53. The molecule has 0 bridgehead atoms. The topological polar surface area (TPSA) is 96.0 Å². The summed E-state index contributed by atoms with van der Waals surface area (Å²) in [5.74, 6) is 0.625. The smallest absolute Gasteiger partial charge is 0.242 e. The van der Waals surface area contributed by atoms with Crippen LogP contribution in [0.2, 0.25) is 0 Å². The first-order chi connectivity index (χ1) is 10.0. The lowest BCUT2D eigenvalue weighted by Gasteiger charge is -2.21. The maximum absolute atomic E-state index is 12.2. The van der Waals surface area contributed by atoms with Gasteiger partial charge in [0.15, 0.2) is 0 Å². The molecule has 0 heterocycles. The first-order valence-corrected chi connectivity index (χ1v) is 8.80. The van der Waals surface area contributed by atoms with E-state index in [1.165, 1.54) is 50.3 Å². The van der Waals surface area contributed by atoms with Gasteiger partial charge in [0.05, 0.1) is 17.3 Å². The number of nitrogens with two attached hydrogens (primary N) is 1. The van der Waals surface area contributed by atoms with Crippen LogP contribution in [0.1, 0.15) is 44.1 Å². The number of nitrogen functional groups attached to an aromatic ring is 1. The quantitative estimate of drug-likeness (QED) is 0.816. The van der Waals surface area contributed by atoms with E-state index in [2.05, 4.69) is 4.72 Å². The molecule has 1 aliphatic carbocycles. The maximum atomic E-state index is 12.2. The summed E-state index contributed by atoms with van der Waals surface area (Å²) < 4.78 is 27.1. The van der Waals surface area contributed by atoms with Crippen molar-refractivity contribution < 1.29 is 8.42 Å². The van der Waals surface area contributed by atoms with Gasteiger partial charge >= 0.3 is 0 Å². The van der Waals surface area contributed by atoms with E-state index in [1.807, 2.05) is 6.07 Å². The summed E-state index contributed by atoms with van der Waals surface area (Å²) >= 11 is 0. The minimum Gasteiger partial charge on any atom is -0.398 e. The van der Waals surface area contributed by atoms with E-state index in [4.69, 9.17) is 11.0 Å². The Bertz CT molecular complexity index is 629. The van der Waals surface area contributed by atoms with Crippen molar-refractivity contribution in [2.45, 2.75) is 43.4 Å². The number of nitriles is 1. The zero-order valence-corrected chi connectivity index (χ0v) is 12.8. The molecule has 0 atom stereocenters. The van der Waals surface area contributed by atoms with E-state index in [0.717, 1.165) is 6.42 Å². The summed E-state index contributed by atoms with van der Waals surface area (Å²) in [6.45, 7) is 0.437. The Morgan fingerprint density at radius 2 is 2.00 bits per heavy atom. The highest BCUT2D eigenvalue weighted by molar-refractivity contribution is 7.89. The molecule has 0 saturated heterocycles. The molecule has 1 aliphatic rings. The van der Waals surface area contributed by atoms with Gasteiger partial charge in [-0.15, -0.1) is 0 Å². The molecule has 1 aromatic carbocycles. The van der Waals surface area contributed by atoms with Crippen molar-refractivity contribution in [3.05, 3.63) is 23.8 Å². The maximum Gasteiger partial charge on any atom is 0.242 e. The first kappa shape index (κ1) is 15.8. The van der Waals surface area contributed by atoms with Crippen molar-refractivity contribution in [1.29, 1.82) is 5.26 Å². The lowest BCUT2D eigenvalue weighted by Crippen LogP contribution is -2.27. The largest absolute Gasteiger partial charge is 0.398 e. The average molecular weight is 307 g/mol. The second-order valence-corrected chi connectivity index (χ2v) is 7.29. The minimum absolute atomic E-state index is 0.0464. The number of benzene rings is 1. The lowest BCUT2D eigenvalue weighted by atomic mass is 9.87. The molecule has 114 valence electrons. The summed E-state index contributed by atoms with van der Waals surface area (Å²) in [5, 5.41) is 8.77. The number of hydrogen-bond donors (Lipinski definition) is 2. The second-order valence-electron chi connectivity index (χ2n) is 5.55. The van der Waals surface area contributed by atoms with E-state index < -0.39 is 10.0 Å². The van der Waals surface area contributed by atoms with Crippen LogP contribution in [-0.2, 0) is 10.0 Å². The van der Waals surface area contributed by atoms with E-state index >= 15 is 0 Å². The molecule has 0 aromatic heterocycles. The molecule has 0 aliphatic heterocycles. The molecule has 0 radical (unpaired) electrons. The third kappa shape index (κ3) is 4.19. The lowest BCUT2D eigenvalue weighted by molar-refractivity contribution is 0.339. The van der Waals surface area contributed by atoms with Gasteiger partial charge < -0.3 is 5.73 Å². The Labute approximate surface area is 126 Å². The molecule has 0 spiro atoms. The Kier molecular flexibility index (Phi) is 5.21. The van der Waals surface area contributed by atoms with Gasteiger partial charge in [-0.3, -0.25) is 0 Å². The van der Waals surface area contributed by atoms with Crippen molar-refractivity contribution >= 4 is 15.7 Å². The first-order valence-electron chi connectivity index (χ1n) is 7.32.